The van der Waals surface area contributed by atoms with Gasteiger partial charge in [-0.15, -0.1) is 74.6 Å². The number of hydrogen-bond donors (Lipinski definition) is 0. The van der Waals surface area contributed by atoms with E-state index in [4.69, 9.17) is 0 Å². The van der Waals surface area contributed by atoms with E-state index in [-0.39, 0.29) is 26.2 Å². The maximum absolute atomic E-state index is 3.31. The fourth-order valence-corrected chi connectivity index (χ4v) is 9.77. The molecule has 1 aliphatic heterocycles. The molecule has 8 aromatic rings. The molecule has 58 heavy (non-hydrogen) atoms. The summed E-state index contributed by atoms with van der Waals surface area (Å²) in [7, 11) is 0.795. The van der Waals surface area contributed by atoms with Crippen molar-refractivity contribution in [2.45, 2.75) is 80.1 Å². The maximum atomic E-state index is 3.31. The van der Waals surface area contributed by atoms with Crippen LogP contribution in [0.1, 0.15) is 76.6 Å². The van der Waals surface area contributed by atoms with Crippen LogP contribution in [0.4, 0.5) is 0 Å². The van der Waals surface area contributed by atoms with E-state index in [9.17, 15) is 0 Å². The minimum atomic E-state index is 0. The van der Waals surface area contributed by atoms with E-state index in [0.29, 0.717) is 11.8 Å². The summed E-state index contributed by atoms with van der Waals surface area (Å²) >= 11 is 0. The molecule has 1 heterocycles. The molecule has 0 atom stereocenters. The van der Waals surface area contributed by atoms with Gasteiger partial charge in [0.15, 0.2) is 0 Å². The van der Waals surface area contributed by atoms with E-state index >= 15 is 0 Å². The SMILES string of the molecule is CCCc1cc2c(-c3ccccc3CC(C)C)cccc2[cH-]1.CCCc1cc2c(-c3ccccc3CC(C)C)cccc2[cH-]1.[Zr+3].[c-]1cccc2c1[Si]c1ccccc1-2. The van der Waals surface area contributed by atoms with Crippen LogP contribution in [0.25, 0.3) is 54.9 Å². The van der Waals surface area contributed by atoms with Crippen molar-refractivity contribution in [2.75, 3.05) is 0 Å². The first-order chi connectivity index (χ1) is 27.8. The molecule has 289 valence electrons. The van der Waals surface area contributed by atoms with E-state index in [0.717, 1.165) is 22.4 Å². The molecular formula is C56H57SiZr. The first-order valence-electron chi connectivity index (χ1n) is 21.2. The summed E-state index contributed by atoms with van der Waals surface area (Å²) < 4.78 is 0. The number of aryl methyl sites for hydroxylation is 2. The Balaban J connectivity index is 0.000000150. The van der Waals surface area contributed by atoms with Crippen LogP contribution in [0.5, 0.6) is 0 Å². The Bertz CT molecular complexity index is 2370. The Morgan fingerprint density at radius 2 is 0.948 bits per heavy atom. The molecule has 8 aromatic carbocycles. The largest absolute Gasteiger partial charge is 3.00 e. The third kappa shape index (κ3) is 10.3. The summed E-state index contributed by atoms with van der Waals surface area (Å²) in [6, 6.07) is 58.8. The molecule has 2 heteroatoms. The van der Waals surface area contributed by atoms with E-state index in [1.54, 1.807) is 0 Å². The second kappa shape index (κ2) is 20.6. The predicted octanol–water partition coefficient (Wildman–Crippen LogP) is 13.9. The second-order valence-electron chi connectivity index (χ2n) is 16.5. The zero-order valence-corrected chi connectivity index (χ0v) is 38.8. The van der Waals surface area contributed by atoms with Gasteiger partial charge in [0.05, 0.1) is 9.52 Å². The normalized spacial score (nSPS) is 11.4. The van der Waals surface area contributed by atoms with Gasteiger partial charge in [-0.05, 0) is 59.8 Å². The van der Waals surface area contributed by atoms with Gasteiger partial charge in [-0.2, -0.15) is 41.6 Å². The van der Waals surface area contributed by atoms with Gasteiger partial charge in [-0.25, -0.2) is 0 Å². The van der Waals surface area contributed by atoms with Gasteiger partial charge in [-0.3, -0.25) is 0 Å². The topological polar surface area (TPSA) is 0 Å². The summed E-state index contributed by atoms with van der Waals surface area (Å²) in [4.78, 5) is 0. The first kappa shape index (κ1) is 43.2. The average molecular weight is 849 g/mol. The molecule has 0 bridgehead atoms. The van der Waals surface area contributed by atoms with Gasteiger partial charge in [0.25, 0.3) is 0 Å². The molecule has 0 unspecified atom stereocenters. The molecule has 0 fully saturated rings. The summed E-state index contributed by atoms with van der Waals surface area (Å²) in [6.45, 7) is 13.7. The fourth-order valence-electron chi connectivity index (χ4n) is 8.46. The van der Waals surface area contributed by atoms with Gasteiger partial charge in [0.1, 0.15) is 0 Å². The van der Waals surface area contributed by atoms with Crippen molar-refractivity contribution in [1.82, 2.24) is 0 Å². The van der Waals surface area contributed by atoms with E-state index in [1.807, 2.05) is 6.07 Å². The van der Waals surface area contributed by atoms with Crippen LogP contribution in [0.15, 0.2) is 152 Å². The number of rotatable bonds is 10. The van der Waals surface area contributed by atoms with Crippen LogP contribution >= 0.6 is 0 Å². The molecule has 1 aliphatic rings. The van der Waals surface area contributed by atoms with Crippen molar-refractivity contribution in [3.63, 3.8) is 0 Å². The molecule has 9 rings (SSSR count). The molecule has 0 saturated carbocycles. The van der Waals surface area contributed by atoms with Crippen LogP contribution in [0.2, 0.25) is 0 Å². The van der Waals surface area contributed by atoms with Crippen molar-refractivity contribution < 1.29 is 26.2 Å². The van der Waals surface area contributed by atoms with Gasteiger partial charge >= 0.3 is 26.2 Å². The zero-order chi connectivity index (χ0) is 39.7. The minimum absolute atomic E-state index is 0. The summed E-state index contributed by atoms with van der Waals surface area (Å²) in [5.74, 6) is 1.35. The van der Waals surface area contributed by atoms with Gasteiger partial charge in [0.2, 0.25) is 0 Å². The molecule has 0 saturated heterocycles. The Kier molecular flexibility index (Phi) is 15.3. The summed E-state index contributed by atoms with van der Waals surface area (Å²) in [5, 5.41) is 8.38. The molecule has 0 nitrogen and oxygen atoms in total. The Morgan fingerprint density at radius 3 is 1.45 bits per heavy atom. The zero-order valence-electron chi connectivity index (χ0n) is 35.3. The smallest absolute Gasteiger partial charge is 0.184 e. The Labute approximate surface area is 370 Å². The third-order valence-corrected chi connectivity index (χ3v) is 12.3. The monoisotopic (exact) mass is 847 g/mol. The van der Waals surface area contributed by atoms with Crippen molar-refractivity contribution in [3.05, 3.63) is 180 Å². The van der Waals surface area contributed by atoms with Crippen LogP contribution in [-0.2, 0) is 51.9 Å². The van der Waals surface area contributed by atoms with Crippen molar-refractivity contribution in [2.24, 2.45) is 11.8 Å². The molecule has 0 spiro atoms. The van der Waals surface area contributed by atoms with Crippen molar-refractivity contribution in [1.29, 1.82) is 0 Å². The molecule has 0 amide bonds. The van der Waals surface area contributed by atoms with Crippen LogP contribution in [0, 0.1) is 17.9 Å². The number of hydrogen-bond acceptors (Lipinski definition) is 0. The standard InChI is InChI=1S/2C22H25.C12H7Si.Zr/c2*1-4-8-17-14-19-10-7-12-21(22(19)15-17)20-11-6-5-9-18(20)13-16(2)3;1-3-7-11-9(5-1)10-6-2-4-8-12(10)13-11;/h2*5-7,9-12,14-16H,4,8,13H2,1-3H3;1-7H;/q3*-1;+3. The molecule has 0 aromatic heterocycles. The Morgan fingerprint density at radius 1 is 0.500 bits per heavy atom. The van der Waals surface area contributed by atoms with E-state index < -0.39 is 0 Å². The Hall–Kier alpha value is -4.36. The second-order valence-corrected chi connectivity index (χ2v) is 17.8. The van der Waals surface area contributed by atoms with Crippen LogP contribution in [0.3, 0.4) is 0 Å². The molecule has 0 aliphatic carbocycles. The first-order valence-corrected chi connectivity index (χ1v) is 22.2. The summed E-state index contributed by atoms with van der Waals surface area (Å²) in [6.07, 6.45) is 7.01. The minimum Gasteiger partial charge on any atom is -0.184 e. The predicted molar refractivity (Wildman–Crippen MR) is 251 cm³/mol. The fraction of sp³-hybridized carbons (Fsp3) is 0.250. The number of fused-ring (bicyclic) bond motifs is 5. The van der Waals surface area contributed by atoms with Gasteiger partial charge < -0.3 is 0 Å². The summed E-state index contributed by atoms with van der Waals surface area (Å²) in [5.41, 5.74) is 14.2. The van der Waals surface area contributed by atoms with Crippen LogP contribution < -0.4 is 10.4 Å². The quantitative estimate of drug-likeness (QED) is 0.0950. The third-order valence-electron chi connectivity index (χ3n) is 10.9. The molecular weight excluding hydrogens is 792 g/mol. The molecule has 0 N–H and O–H groups in total. The molecule has 3 radical (unpaired) electrons. The van der Waals surface area contributed by atoms with Gasteiger partial charge in [0, 0.05) is 0 Å². The van der Waals surface area contributed by atoms with Crippen LogP contribution in [-0.4, -0.2) is 9.52 Å². The number of benzene rings is 6. The maximum Gasteiger partial charge on any atom is 3.00 e. The van der Waals surface area contributed by atoms with Gasteiger partial charge in [-0.1, -0.05) is 161 Å². The van der Waals surface area contributed by atoms with E-state index in [1.165, 1.54) is 113 Å². The average Bonchev–Trinajstić information content (AvgIpc) is 3.93. The van der Waals surface area contributed by atoms with Crippen molar-refractivity contribution >= 4 is 41.4 Å². The van der Waals surface area contributed by atoms with Crippen molar-refractivity contribution in [3.8, 4) is 33.4 Å². The van der Waals surface area contributed by atoms with E-state index in [2.05, 4.69) is 193 Å².